The maximum absolute atomic E-state index is 12.5. The lowest BCUT2D eigenvalue weighted by Crippen LogP contribution is -2.36. The van der Waals surface area contributed by atoms with Crippen LogP contribution in [0.2, 0.25) is 0 Å². The van der Waals surface area contributed by atoms with E-state index in [1.54, 1.807) is 23.9 Å². The van der Waals surface area contributed by atoms with Gasteiger partial charge in [-0.1, -0.05) is 30.0 Å². The Kier molecular flexibility index (Phi) is 6.11. The second-order valence-corrected chi connectivity index (χ2v) is 8.85. The second kappa shape index (κ2) is 9.33. The van der Waals surface area contributed by atoms with Crippen LogP contribution >= 0.6 is 11.8 Å². The van der Waals surface area contributed by atoms with Gasteiger partial charge in [-0.2, -0.15) is 0 Å². The Hall–Kier alpha value is -3.23. The molecule has 170 valence electrons. The van der Waals surface area contributed by atoms with Gasteiger partial charge in [-0.15, -0.1) is 0 Å². The standard InChI is InChI=1S/C25H23NO6S/c1-29-24(28)15-31-19-5-6-22-17(12-19)11-16-3-2-4-20(25(16)33-22)21-13-18(27)14-23(32-21)26-7-9-30-10-8-26/h2-6,12-14H,7-11,15H2,1H3. The monoisotopic (exact) mass is 465 g/mol. The summed E-state index contributed by atoms with van der Waals surface area (Å²) in [7, 11) is 1.34. The smallest absolute Gasteiger partial charge is 0.343 e. The van der Waals surface area contributed by atoms with Gasteiger partial charge in [0.15, 0.2) is 17.9 Å². The molecule has 0 radical (unpaired) electrons. The predicted molar refractivity (Wildman–Crippen MR) is 124 cm³/mol. The van der Waals surface area contributed by atoms with E-state index in [-0.39, 0.29) is 12.0 Å². The number of anilines is 1. The average molecular weight is 466 g/mol. The zero-order chi connectivity index (χ0) is 22.8. The van der Waals surface area contributed by atoms with E-state index in [0.717, 1.165) is 26.5 Å². The minimum Gasteiger partial charge on any atom is -0.482 e. The van der Waals surface area contributed by atoms with Crippen molar-refractivity contribution in [1.29, 1.82) is 0 Å². The molecule has 0 saturated carbocycles. The summed E-state index contributed by atoms with van der Waals surface area (Å²) in [5, 5.41) is 0. The maximum atomic E-state index is 12.5. The summed E-state index contributed by atoms with van der Waals surface area (Å²) in [4.78, 5) is 28.1. The van der Waals surface area contributed by atoms with Gasteiger partial charge < -0.3 is 23.5 Å². The van der Waals surface area contributed by atoms with Gasteiger partial charge in [0.05, 0.1) is 20.3 Å². The van der Waals surface area contributed by atoms with Crippen LogP contribution in [-0.2, 0) is 20.7 Å². The van der Waals surface area contributed by atoms with Crippen LogP contribution in [0.5, 0.6) is 5.75 Å². The molecule has 0 bridgehead atoms. The van der Waals surface area contributed by atoms with E-state index >= 15 is 0 Å². The summed E-state index contributed by atoms with van der Waals surface area (Å²) < 4.78 is 21.8. The molecule has 0 atom stereocenters. The predicted octanol–water partition coefficient (Wildman–Crippen LogP) is 3.75. The summed E-state index contributed by atoms with van der Waals surface area (Å²) in [6.45, 7) is 2.50. The summed E-state index contributed by atoms with van der Waals surface area (Å²) in [6, 6.07) is 15.0. The summed E-state index contributed by atoms with van der Waals surface area (Å²) in [5.41, 5.74) is 3.09. The van der Waals surface area contributed by atoms with Crippen LogP contribution < -0.4 is 15.1 Å². The summed E-state index contributed by atoms with van der Waals surface area (Å²) in [5.74, 6) is 1.35. The Morgan fingerprint density at radius 1 is 1.09 bits per heavy atom. The molecule has 2 aliphatic heterocycles. The molecule has 0 amide bonds. The molecule has 2 aromatic carbocycles. The largest absolute Gasteiger partial charge is 0.482 e. The first kappa shape index (κ1) is 21.6. The molecule has 3 aromatic rings. The van der Waals surface area contributed by atoms with Crippen molar-refractivity contribution in [1.82, 2.24) is 0 Å². The number of hydrogen-bond donors (Lipinski definition) is 0. The first-order valence-electron chi connectivity index (χ1n) is 10.7. The van der Waals surface area contributed by atoms with Gasteiger partial charge in [0.25, 0.3) is 0 Å². The number of benzene rings is 2. The molecule has 1 aromatic heterocycles. The lowest BCUT2D eigenvalue weighted by molar-refractivity contribution is -0.142. The van der Waals surface area contributed by atoms with Crippen LogP contribution in [0.4, 0.5) is 5.88 Å². The Morgan fingerprint density at radius 2 is 1.94 bits per heavy atom. The Balaban J connectivity index is 1.45. The van der Waals surface area contributed by atoms with E-state index < -0.39 is 5.97 Å². The molecule has 0 unspecified atom stereocenters. The molecule has 2 aliphatic rings. The third-order valence-corrected chi connectivity index (χ3v) is 6.95. The summed E-state index contributed by atoms with van der Waals surface area (Å²) >= 11 is 1.65. The molecular weight excluding hydrogens is 442 g/mol. The molecule has 33 heavy (non-hydrogen) atoms. The van der Waals surface area contributed by atoms with E-state index in [1.165, 1.54) is 7.11 Å². The molecule has 1 fully saturated rings. The van der Waals surface area contributed by atoms with Crippen molar-refractivity contribution in [3.63, 3.8) is 0 Å². The van der Waals surface area contributed by atoms with E-state index in [0.29, 0.717) is 50.1 Å². The van der Waals surface area contributed by atoms with Gasteiger partial charge in [0, 0.05) is 40.6 Å². The average Bonchev–Trinajstić information content (AvgIpc) is 2.85. The zero-order valence-electron chi connectivity index (χ0n) is 18.2. The minimum absolute atomic E-state index is 0.0797. The molecular formula is C25H23NO6S. The first-order chi connectivity index (χ1) is 16.1. The number of hydrogen-bond acceptors (Lipinski definition) is 8. The van der Waals surface area contributed by atoms with Crippen LogP contribution in [0.3, 0.4) is 0 Å². The lowest BCUT2D eigenvalue weighted by atomic mass is 10.0. The van der Waals surface area contributed by atoms with Crippen LogP contribution in [-0.4, -0.2) is 46.0 Å². The maximum Gasteiger partial charge on any atom is 0.343 e. The number of methoxy groups -OCH3 is 1. The van der Waals surface area contributed by atoms with Gasteiger partial charge in [-0.25, -0.2) is 4.79 Å². The molecule has 0 aliphatic carbocycles. The normalized spacial score (nSPS) is 14.9. The highest BCUT2D eigenvalue weighted by Gasteiger charge is 2.22. The first-order valence-corrected chi connectivity index (χ1v) is 11.5. The topological polar surface area (TPSA) is 78.2 Å². The third kappa shape index (κ3) is 4.62. The number of carbonyl (C=O) groups excluding carboxylic acids is 1. The fraction of sp³-hybridized carbons (Fsp3) is 0.280. The van der Waals surface area contributed by atoms with E-state index in [1.807, 2.05) is 35.2 Å². The molecule has 1 saturated heterocycles. The number of rotatable bonds is 5. The van der Waals surface area contributed by atoms with Crippen molar-refractivity contribution in [2.24, 2.45) is 0 Å². The van der Waals surface area contributed by atoms with E-state index in [9.17, 15) is 9.59 Å². The van der Waals surface area contributed by atoms with Crippen molar-refractivity contribution in [3.05, 3.63) is 69.9 Å². The number of nitrogens with zero attached hydrogens (tertiary/aromatic N) is 1. The highest BCUT2D eigenvalue weighted by molar-refractivity contribution is 7.99. The Bertz CT molecular complexity index is 1250. The fourth-order valence-electron chi connectivity index (χ4n) is 3.97. The molecule has 0 spiro atoms. The minimum atomic E-state index is -0.419. The molecule has 7 nitrogen and oxygen atoms in total. The highest BCUT2D eigenvalue weighted by atomic mass is 32.2. The van der Waals surface area contributed by atoms with E-state index in [2.05, 4.69) is 10.8 Å². The van der Waals surface area contributed by atoms with Gasteiger partial charge in [-0.3, -0.25) is 4.79 Å². The SMILES string of the molecule is COC(=O)COc1ccc2c(c1)Cc1cccc(-c3cc(=O)cc(N4CCOCC4)o3)c1S2. The van der Waals surface area contributed by atoms with Gasteiger partial charge >= 0.3 is 5.97 Å². The van der Waals surface area contributed by atoms with Crippen LogP contribution in [0, 0.1) is 0 Å². The van der Waals surface area contributed by atoms with Crippen molar-refractivity contribution in [2.75, 3.05) is 44.9 Å². The van der Waals surface area contributed by atoms with Gasteiger partial charge in [-0.05, 0) is 35.7 Å². The summed E-state index contributed by atoms with van der Waals surface area (Å²) in [6.07, 6.45) is 0.717. The van der Waals surface area contributed by atoms with Crippen molar-refractivity contribution in [2.45, 2.75) is 16.2 Å². The number of ether oxygens (including phenoxy) is 3. The molecule has 3 heterocycles. The van der Waals surface area contributed by atoms with E-state index in [4.69, 9.17) is 13.9 Å². The Morgan fingerprint density at radius 3 is 2.76 bits per heavy atom. The van der Waals surface area contributed by atoms with Crippen LogP contribution in [0.15, 0.2) is 67.5 Å². The van der Waals surface area contributed by atoms with Crippen molar-refractivity contribution in [3.8, 4) is 17.1 Å². The Labute approximate surface area is 195 Å². The van der Waals surface area contributed by atoms with Gasteiger partial charge in [0.2, 0.25) is 0 Å². The van der Waals surface area contributed by atoms with Crippen molar-refractivity contribution >= 4 is 23.6 Å². The lowest BCUT2D eigenvalue weighted by Gasteiger charge is -2.27. The third-order valence-electron chi connectivity index (χ3n) is 5.65. The molecule has 0 N–H and O–H groups in total. The fourth-order valence-corrected chi connectivity index (χ4v) is 5.14. The van der Waals surface area contributed by atoms with Crippen LogP contribution in [0.25, 0.3) is 11.3 Å². The van der Waals surface area contributed by atoms with Gasteiger partial charge in [0.1, 0.15) is 11.5 Å². The molecule has 8 heteroatoms. The zero-order valence-corrected chi connectivity index (χ0v) is 19.0. The highest BCUT2D eigenvalue weighted by Crippen LogP contribution is 2.45. The number of morpholine rings is 1. The number of esters is 1. The second-order valence-electron chi connectivity index (χ2n) is 7.80. The number of fused-ring (bicyclic) bond motifs is 2. The van der Waals surface area contributed by atoms with Crippen LogP contribution in [0.1, 0.15) is 11.1 Å². The number of carbonyl (C=O) groups is 1. The molecule has 5 rings (SSSR count). The van der Waals surface area contributed by atoms with Crippen molar-refractivity contribution < 1.29 is 23.4 Å². The quantitative estimate of drug-likeness (QED) is 0.413.